The predicted octanol–water partition coefficient (Wildman–Crippen LogP) is 1.72. The number of nitrogens with one attached hydrogen (secondary N) is 3. The number of likely N-dealkylation sites (tertiary alicyclic amines) is 1. The average molecular weight is 352 g/mol. The minimum atomic E-state index is 0.149. The van der Waals surface area contributed by atoms with Gasteiger partial charge in [-0.3, -0.25) is 14.7 Å². The molecule has 0 atom stereocenters. The van der Waals surface area contributed by atoms with Crippen LogP contribution in [0, 0.1) is 5.41 Å². The van der Waals surface area contributed by atoms with Crippen LogP contribution >= 0.6 is 0 Å². The summed E-state index contributed by atoms with van der Waals surface area (Å²) in [4.78, 5) is 18.5. The first kappa shape index (κ1) is 20.0. The maximum atomic E-state index is 11.8. The van der Waals surface area contributed by atoms with E-state index >= 15 is 0 Å². The van der Waals surface area contributed by atoms with Crippen molar-refractivity contribution in [2.75, 3.05) is 39.8 Å². The number of guanidine groups is 1. The van der Waals surface area contributed by atoms with Gasteiger partial charge in [0.2, 0.25) is 5.91 Å². The van der Waals surface area contributed by atoms with Crippen LogP contribution in [0.5, 0.6) is 0 Å². The molecule has 1 saturated carbocycles. The van der Waals surface area contributed by atoms with Crippen molar-refractivity contribution in [1.82, 2.24) is 20.9 Å². The van der Waals surface area contributed by atoms with Crippen molar-refractivity contribution in [3.05, 3.63) is 0 Å². The molecule has 1 amide bonds. The zero-order valence-electron chi connectivity index (χ0n) is 16.4. The van der Waals surface area contributed by atoms with Gasteiger partial charge in [-0.25, -0.2) is 0 Å². The molecule has 2 rings (SSSR count). The van der Waals surface area contributed by atoms with Crippen LogP contribution in [0.3, 0.4) is 0 Å². The van der Waals surface area contributed by atoms with Crippen LogP contribution in [0.2, 0.25) is 0 Å². The smallest absolute Gasteiger partial charge is 0.234 e. The summed E-state index contributed by atoms with van der Waals surface area (Å²) in [6.45, 7) is 8.69. The Bertz CT molecular complexity index is 437. The second-order valence-corrected chi connectivity index (χ2v) is 7.99. The minimum absolute atomic E-state index is 0.149. The van der Waals surface area contributed by atoms with Gasteiger partial charge in [0.25, 0.3) is 0 Å². The van der Waals surface area contributed by atoms with Gasteiger partial charge in [0.05, 0.1) is 6.54 Å². The van der Waals surface area contributed by atoms with E-state index in [2.05, 4.69) is 39.7 Å². The van der Waals surface area contributed by atoms with Crippen LogP contribution in [0.1, 0.15) is 58.8 Å². The normalized spacial score (nSPS) is 22.0. The summed E-state index contributed by atoms with van der Waals surface area (Å²) >= 11 is 0. The number of aliphatic imine (C=N–C) groups is 1. The third kappa shape index (κ3) is 6.84. The molecule has 3 N–H and O–H groups in total. The molecule has 2 aliphatic rings. The summed E-state index contributed by atoms with van der Waals surface area (Å²) < 4.78 is 0. The van der Waals surface area contributed by atoms with E-state index < -0.39 is 0 Å². The second kappa shape index (κ2) is 10.00. The van der Waals surface area contributed by atoms with E-state index in [4.69, 9.17) is 0 Å². The Morgan fingerprint density at radius 1 is 1.20 bits per heavy atom. The lowest BCUT2D eigenvalue weighted by molar-refractivity contribution is -0.122. The van der Waals surface area contributed by atoms with Gasteiger partial charge in [-0.2, -0.15) is 0 Å². The fourth-order valence-electron chi connectivity index (χ4n) is 3.85. The van der Waals surface area contributed by atoms with Crippen LogP contribution < -0.4 is 16.0 Å². The number of carbonyl (C=O) groups is 1. The maximum absolute atomic E-state index is 11.8. The molecule has 0 aromatic rings. The first-order valence-corrected chi connectivity index (χ1v) is 10.0. The molecule has 6 nitrogen and oxygen atoms in total. The van der Waals surface area contributed by atoms with E-state index in [1.807, 2.05) is 7.05 Å². The van der Waals surface area contributed by atoms with Gasteiger partial charge < -0.3 is 16.0 Å². The topological polar surface area (TPSA) is 68.8 Å². The molecule has 2 fully saturated rings. The summed E-state index contributed by atoms with van der Waals surface area (Å²) in [5.74, 6) is 1.07. The van der Waals surface area contributed by atoms with E-state index in [0.29, 0.717) is 18.0 Å². The first-order chi connectivity index (χ1) is 12.0. The predicted molar refractivity (Wildman–Crippen MR) is 104 cm³/mol. The summed E-state index contributed by atoms with van der Waals surface area (Å²) in [7, 11) is 1.85. The van der Waals surface area contributed by atoms with Crippen LogP contribution in [0.15, 0.2) is 4.99 Å². The molecule has 144 valence electrons. The van der Waals surface area contributed by atoms with Crippen molar-refractivity contribution in [3.8, 4) is 0 Å². The van der Waals surface area contributed by atoms with E-state index in [1.54, 1.807) is 0 Å². The number of nitrogens with zero attached hydrogens (tertiary/aromatic N) is 2. The van der Waals surface area contributed by atoms with E-state index in [0.717, 1.165) is 51.4 Å². The number of rotatable bonds is 7. The molecule has 0 unspecified atom stereocenters. The SMILES string of the molecule is CCCNC(=O)CN1CCC(NC(=NC)NCC2(C)CCCC2)CC1. The Morgan fingerprint density at radius 3 is 2.48 bits per heavy atom. The first-order valence-electron chi connectivity index (χ1n) is 10.0. The van der Waals surface area contributed by atoms with Crippen LogP contribution in [0.4, 0.5) is 0 Å². The summed E-state index contributed by atoms with van der Waals surface area (Å²) in [5, 5.41) is 10.0. The number of hydrogen-bond acceptors (Lipinski definition) is 3. The standard InChI is InChI=1S/C19H37N5O/c1-4-11-21-17(25)14-24-12-7-16(8-13-24)23-18(20-3)22-15-19(2)9-5-6-10-19/h16H,4-15H2,1-3H3,(H,21,25)(H2,20,22,23). The average Bonchev–Trinajstić information content (AvgIpc) is 3.05. The van der Waals surface area contributed by atoms with Crippen LogP contribution in [-0.2, 0) is 4.79 Å². The largest absolute Gasteiger partial charge is 0.356 e. The number of hydrogen-bond donors (Lipinski definition) is 3. The van der Waals surface area contributed by atoms with E-state index in [1.165, 1.54) is 25.7 Å². The summed E-state index contributed by atoms with van der Waals surface area (Å²) in [6.07, 6.45) is 8.44. The van der Waals surface area contributed by atoms with Gasteiger partial charge in [-0.05, 0) is 37.5 Å². The number of carbonyl (C=O) groups excluding carboxylic acids is 1. The highest BCUT2D eigenvalue weighted by Crippen LogP contribution is 2.36. The van der Waals surface area contributed by atoms with Gasteiger partial charge in [0.1, 0.15) is 0 Å². The molecule has 0 aromatic heterocycles. The zero-order chi connectivity index (χ0) is 18.1. The highest BCUT2D eigenvalue weighted by molar-refractivity contribution is 5.80. The molecule has 0 aromatic carbocycles. The lowest BCUT2D eigenvalue weighted by atomic mass is 9.89. The van der Waals surface area contributed by atoms with Crippen LogP contribution in [0.25, 0.3) is 0 Å². The third-order valence-electron chi connectivity index (χ3n) is 5.58. The highest BCUT2D eigenvalue weighted by atomic mass is 16.2. The van der Waals surface area contributed by atoms with Crippen molar-refractivity contribution in [3.63, 3.8) is 0 Å². The Kier molecular flexibility index (Phi) is 8.00. The fourth-order valence-corrected chi connectivity index (χ4v) is 3.85. The monoisotopic (exact) mass is 351 g/mol. The summed E-state index contributed by atoms with van der Waals surface area (Å²) in [6, 6.07) is 0.442. The molecule has 1 aliphatic carbocycles. The van der Waals surface area contributed by atoms with Crippen molar-refractivity contribution in [2.45, 2.75) is 64.8 Å². The number of amides is 1. The van der Waals surface area contributed by atoms with E-state index in [9.17, 15) is 4.79 Å². The highest BCUT2D eigenvalue weighted by Gasteiger charge is 2.29. The lowest BCUT2D eigenvalue weighted by Crippen LogP contribution is -2.51. The van der Waals surface area contributed by atoms with Crippen LogP contribution in [-0.4, -0.2) is 62.6 Å². The van der Waals surface area contributed by atoms with Crippen molar-refractivity contribution in [1.29, 1.82) is 0 Å². The molecule has 25 heavy (non-hydrogen) atoms. The fraction of sp³-hybridized carbons (Fsp3) is 0.895. The molecule has 6 heteroatoms. The second-order valence-electron chi connectivity index (χ2n) is 7.99. The molecule has 0 bridgehead atoms. The van der Waals surface area contributed by atoms with Gasteiger partial charge in [0.15, 0.2) is 5.96 Å². The molecular formula is C19H37N5O. The molecule has 1 saturated heterocycles. The Morgan fingerprint density at radius 2 is 1.88 bits per heavy atom. The van der Waals surface area contributed by atoms with E-state index in [-0.39, 0.29) is 5.91 Å². The van der Waals surface area contributed by atoms with Crippen molar-refractivity contribution >= 4 is 11.9 Å². The molecular weight excluding hydrogens is 314 g/mol. The zero-order valence-corrected chi connectivity index (χ0v) is 16.4. The molecule has 0 spiro atoms. The Labute approximate surface area is 153 Å². The quantitative estimate of drug-likeness (QED) is 0.483. The Balaban J connectivity index is 1.66. The molecule has 1 aliphatic heterocycles. The molecule has 0 radical (unpaired) electrons. The Hall–Kier alpha value is -1.30. The third-order valence-corrected chi connectivity index (χ3v) is 5.58. The number of piperidine rings is 1. The lowest BCUT2D eigenvalue weighted by Gasteiger charge is -2.33. The minimum Gasteiger partial charge on any atom is -0.356 e. The van der Waals surface area contributed by atoms with Gasteiger partial charge in [-0.15, -0.1) is 0 Å². The van der Waals surface area contributed by atoms with Crippen molar-refractivity contribution in [2.24, 2.45) is 10.4 Å². The van der Waals surface area contributed by atoms with Gasteiger partial charge in [-0.1, -0.05) is 26.7 Å². The van der Waals surface area contributed by atoms with Gasteiger partial charge in [0, 0.05) is 39.3 Å². The molecule has 1 heterocycles. The van der Waals surface area contributed by atoms with Gasteiger partial charge >= 0.3 is 0 Å². The maximum Gasteiger partial charge on any atom is 0.234 e. The van der Waals surface area contributed by atoms with Crippen molar-refractivity contribution < 1.29 is 4.79 Å². The summed E-state index contributed by atoms with van der Waals surface area (Å²) in [5.41, 5.74) is 0.423.